The van der Waals surface area contributed by atoms with Gasteiger partial charge in [0.1, 0.15) is 11.4 Å². The van der Waals surface area contributed by atoms with E-state index in [2.05, 4.69) is 23.6 Å². The molecule has 0 spiro atoms. The summed E-state index contributed by atoms with van der Waals surface area (Å²) in [6.07, 6.45) is 4.88. The van der Waals surface area contributed by atoms with Gasteiger partial charge in [0, 0.05) is 16.5 Å². The third-order valence-corrected chi connectivity index (χ3v) is 4.51. The van der Waals surface area contributed by atoms with Crippen LogP contribution in [-0.4, -0.2) is 25.2 Å². The topological polar surface area (TPSA) is 51.3 Å². The van der Waals surface area contributed by atoms with Crippen molar-refractivity contribution in [2.24, 2.45) is 0 Å². The van der Waals surface area contributed by atoms with Crippen LogP contribution in [0.15, 0.2) is 34.9 Å². The first-order valence-corrected chi connectivity index (χ1v) is 10.0. The van der Waals surface area contributed by atoms with E-state index in [-0.39, 0.29) is 0 Å². The fourth-order valence-electron chi connectivity index (χ4n) is 1.96. The number of carbonyl (C=O) groups is 1. The van der Waals surface area contributed by atoms with Crippen LogP contribution in [0.3, 0.4) is 0 Å². The lowest BCUT2D eigenvalue weighted by molar-refractivity contribution is 0.0595. The van der Waals surface area contributed by atoms with Crippen LogP contribution < -0.4 is 4.74 Å². The largest absolute Gasteiger partial charge is 0.496 e. The van der Waals surface area contributed by atoms with E-state index in [0.717, 1.165) is 11.5 Å². The minimum absolute atomic E-state index is 0.296. The highest BCUT2D eigenvalue weighted by Crippen LogP contribution is 2.37. The molecule has 7 heteroatoms. The molecule has 0 unspecified atom stereocenters. The second-order valence-electron chi connectivity index (χ2n) is 5.55. The fraction of sp³-hybridized carbons (Fsp3) is 0.381. The molecule has 0 fully saturated rings. The molecule has 4 nitrogen and oxygen atoms in total. The van der Waals surface area contributed by atoms with Crippen molar-refractivity contribution in [3.05, 3.63) is 50.6 Å². The van der Waals surface area contributed by atoms with Crippen LogP contribution in [0.25, 0.3) is 10.9 Å². The second kappa shape index (κ2) is 13.5. The normalized spacial score (nSPS) is 10.3. The van der Waals surface area contributed by atoms with E-state index in [1.54, 1.807) is 12.1 Å². The number of aromatic nitrogens is 1. The Morgan fingerprint density at radius 3 is 2.21 bits per heavy atom. The van der Waals surface area contributed by atoms with Gasteiger partial charge < -0.3 is 14.5 Å². The van der Waals surface area contributed by atoms with Gasteiger partial charge in [0.2, 0.25) is 0 Å². The Balaban J connectivity index is 0.000000566. The molecule has 0 aliphatic rings. The highest BCUT2D eigenvalue weighted by Gasteiger charge is 2.16. The summed E-state index contributed by atoms with van der Waals surface area (Å²) in [4.78, 5) is 14.3. The monoisotopic (exact) mass is 447 g/mol. The number of carbonyl (C=O) groups excluding carboxylic acids is 1. The first-order chi connectivity index (χ1) is 13.2. The predicted molar refractivity (Wildman–Crippen MR) is 121 cm³/mol. The molecule has 1 heterocycles. The van der Waals surface area contributed by atoms with Gasteiger partial charge in [0.25, 0.3) is 0 Å². The van der Waals surface area contributed by atoms with Crippen molar-refractivity contribution in [3.8, 4) is 5.75 Å². The third-order valence-electron chi connectivity index (χ3n) is 3.33. The van der Waals surface area contributed by atoms with Crippen molar-refractivity contribution in [3.63, 3.8) is 0 Å². The molecule has 0 radical (unpaired) electrons. The van der Waals surface area contributed by atoms with Crippen LogP contribution in [0.5, 0.6) is 5.75 Å². The van der Waals surface area contributed by atoms with E-state index in [1.807, 2.05) is 32.9 Å². The SMILES string of the molecule is CC.CC/C(Cl)=C\C=C(C)C.COC(=O)c1cc2c(OC)cc(Cl)c(Cl)c2[nH]1. The molecule has 0 saturated heterocycles. The number of benzene rings is 1. The minimum Gasteiger partial charge on any atom is -0.496 e. The number of fused-ring (bicyclic) bond motifs is 1. The molecule has 1 N–H and O–H groups in total. The number of hydrogen-bond acceptors (Lipinski definition) is 3. The van der Waals surface area contributed by atoms with E-state index >= 15 is 0 Å². The number of aromatic amines is 1. The molecule has 2 aromatic rings. The molecule has 2 rings (SSSR count). The summed E-state index contributed by atoms with van der Waals surface area (Å²) in [7, 11) is 2.82. The van der Waals surface area contributed by atoms with Crippen LogP contribution in [0.1, 0.15) is 51.5 Å². The molecule has 0 aliphatic carbocycles. The van der Waals surface area contributed by atoms with Gasteiger partial charge in [-0.15, -0.1) is 0 Å². The van der Waals surface area contributed by atoms with Gasteiger partial charge in [0.05, 0.1) is 29.8 Å². The van der Waals surface area contributed by atoms with Gasteiger partial charge in [-0.05, 0) is 32.4 Å². The summed E-state index contributed by atoms with van der Waals surface area (Å²) in [5, 5.41) is 2.30. The van der Waals surface area contributed by atoms with E-state index in [1.165, 1.54) is 19.8 Å². The third kappa shape index (κ3) is 7.78. The number of rotatable bonds is 4. The zero-order valence-electron chi connectivity index (χ0n) is 17.4. The first kappa shape index (κ1) is 26.4. The number of H-pyrrole nitrogens is 1. The summed E-state index contributed by atoms with van der Waals surface area (Å²) in [6, 6.07) is 3.21. The van der Waals surface area contributed by atoms with Gasteiger partial charge in [-0.25, -0.2) is 4.79 Å². The molecule has 0 amide bonds. The van der Waals surface area contributed by atoms with Crippen LogP contribution in [0, 0.1) is 0 Å². The maximum absolute atomic E-state index is 11.4. The molecular formula is C21H28Cl3NO3. The highest BCUT2D eigenvalue weighted by molar-refractivity contribution is 6.45. The van der Waals surface area contributed by atoms with Gasteiger partial charge >= 0.3 is 5.97 Å². The summed E-state index contributed by atoms with van der Waals surface area (Å²) >= 11 is 17.7. The smallest absolute Gasteiger partial charge is 0.354 e. The standard InChI is InChI=1S/C11H9Cl2NO3.C8H13Cl.C2H6/c1-16-8-4-6(12)9(13)10-5(8)3-7(14-10)11(15)17-2;1-4-8(9)6-5-7(2)3;1-2/h3-4,14H,1-2H3;5-6H,4H2,1-3H3;1-2H3/b;8-6+;. The number of esters is 1. The van der Waals surface area contributed by atoms with Crippen molar-refractivity contribution in [1.29, 1.82) is 0 Å². The molecule has 1 aromatic carbocycles. The molecule has 0 bridgehead atoms. The molecule has 0 saturated carbocycles. The molecule has 0 aliphatic heterocycles. The van der Waals surface area contributed by atoms with Gasteiger partial charge in [-0.1, -0.05) is 67.2 Å². The minimum atomic E-state index is -0.476. The number of nitrogens with one attached hydrogen (secondary N) is 1. The highest BCUT2D eigenvalue weighted by atomic mass is 35.5. The van der Waals surface area contributed by atoms with E-state index in [4.69, 9.17) is 39.5 Å². The molecule has 1 aromatic heterocycles. The Labute approximate surface area is 182 Å². The van der Waals surface area contributed by atoms with Crippen molar-refractivity contribution < 1.29 is 14.3 Å². The number of methoxy groups -OCH3 is 2. The number of ether oxygens (including phenoxy) is 2. The maximum Gasteiger partial charge on any atom is 0.354 e. The Kier molecular flexibility index (Phi) is 12.8. The zero-order chi connectivity index (χ0) is 21.9. The Bertz CT molecular complexity index is 835. The van der Waals surface area contributed by atoms with Gasteiger partial charge in [-0.2, -0.15) is 0 Å². The van der Waals surface area contributed by atoms with Crippen molar-refractivity contribution in [2.75, 3.05) is 14.2 Å². The molecular weight excluding hydrogens is 421 g/mol. The Morgan fingerprint density at radius 2 is 1.75 bits per heavy atom. The Morgan fingerprint density at radius 1 is 1.14 bits per heavy atom. The number of hydrogen-bond donors (Lipinski definition) is 1. The molecule has 28 heavy (non-hydrogen) atoms. The summed E-state index contributed by atoms with van der Waals surface area (Å²) < 4.78 is 9.80. The van der Waals surface area contributed by atoms with Crippen molar-refractivity contribution in [2.45, 2.75) is 41.0 Å². The lowest BCUT2D eigenvalue weighted by Gasteiger charge is -2.04. The van der Waals surface area contributed by atoms with Crippen LogP contribution >= 0.6 is 34.8 Å². The summed E-state index contributed by atoms with van der Waals surface area (Å²) in [6.45, 7) is 10.1. The predicted octanol–water partition coefficient (Wildman–Crippen LogP) is 7.78. The maximum atomic E-state index is 11.4. The van der Waals surface area contributed by atoms with E-state index < -0.39 is 5.97 Å². The van der Waals surface area contributed by atoms with Crippen LogP contribution in [0.4, 0.5) is 0 Å². The quantitative estimate of drug-likeness (QED) is 0.383. The lowest BCUT2D eigenvalue weighted by atomic mass is 10.2. The fourth-order valence-corrected chi connectivity index (χ4v) is 2.42. The molecule has 0 atom stereocenters. The van der Waals surface area contributed by atoms with Crippen molar-refractivity contribution in [1.82, 2.24) is 4.98 Å². The zero-order valence-corrected chi connectivity index (χ0v) is 19.6. The summed E-state index contributed by atoms with van der Waals surface area (Å²) in [5.41, 5.74) is 2.13. The lowest BCUT2D eigenvalue weighted by Crippen LogP contribution is -2.00. The van der Waals surface area contributed by atoms with Gasteiger partial charge in [-0.3, -0.25) is 0 Å². The van der Waals surface area contributed by atoms with Crippen molar-refractivity contribution >= 4 is 51.7 Å². The average Bonchev–Trinajstić information content (AvgIpc) is 3.16. The van der Waals surface area contributed by atoms with Crippen LogP contribution in [0.2, 0.25) is 10.0 Å². The first-order valence-electron chi connectivity index (χ1n) is 8.87. The summed E-state index contributed by atoms with van der Waals surface area (Å²) in [5.74, 6) is 0.0660. The second-order valence-corrected chi connectivity index (χ2v) is 6.82. The van der Waals surface area contributed by atoms with Crippen LogP contribution in [-0.2, 0) is 4.74 Å². The van der Waals surface area contributed by atoms with E-state index in [9.17, 15) is 4.79 Å². The number of allylic oxidation sites excluding steroid dienone is 4. The Hall–Kier alpha value is -1.62. The van der Waals surface area contributed by atoms with Gasteiger partial charge in [0.15, 0.2) is 0 Å². The molecule has 156 valence electrons. The number of halogens is 3. The van der Waals surface area contributed by atoms with E-state index in [0.29, 0.717) is 32.4 Å². The average molecular weight is 449 g/mol.